The van der Waals surface area contributed by atoms with Crippen molar-refractivity contribution in [2.24, 2.45) is 0 Å². The molecule has 2 aromatic rings. The number of hydrogen-bond acceptors (Lipinski definition) is 6. The van der Waals surface area contributed by atoms with Gasteiger partial charge in [-0.05, 0) is 42.7 Å². The highest BCUT2D eigenvalue weighted by atomic mass is 16.6. The van der Waals surface area contributed by atoms with Gasteiger partial charge in [-0.1, -0.05) is 12.1 Å². The summed E-state index contributed by atoms with van der Waals surface area (Å²) in [5.41, 5.74) is 3.50. The Kier molecular flexibility index (Phi) is 5.74. The van der Waals surface area contributed by atoms with E-state index in [2.05, 4.69) is 21.1 Å². The van der Waals surface area contributed by atoms with Gasteiger partial charge < -0.3 is 14.8 Å². The normalized spacial score (nSPS) is 9.92. The molecule has 0 fully saturated rings. The van der Waals surface area contributed by atoms with Crippen molar-refractivity contribution in [1.29, 1.82) is 5.26 Å². The second-order valence-electron chi connectivity index (χ2n) is 5.32. The second kappa shape index (κ2) is 7.97. The van der Waals surface area contributed by atoms with Crippen LogP contribution in [0.15, 0.2) is 30.5 Å². The Morgan fingerprint density at radius 2 is 2.00 bits per heavy atom. The highest BCUT2D eigenvalue weighted by molar-refractivity contribution is 5.71. The average Bonchev–Trinajstić information content (AvgIpc) is 2.59. The number of benzene rings is 1. The Morgan fingerprint density at radius 1 is 1.29 bits per heavy atom. The van der Waals surface area contributed by atoms with E-state index in [4.69, 9.17) is 10.00 Å². The summed E-state index contributed by atoms with van der Waals surface area (Å²) < 4.78 is 10.1. The zero-order chi connectivity index (χ0) is 17.5. The number of rotatable bonds is 6. The van der Waals surface area contributed by atoms with Crippen LogP contribution in [0.1, 0.15) is 22.3 Å². The Balaban J connectivity index is 2.06. The molecule has 6 nitrogen and oxygen atoms in total. The second-order valence-corrected chi connectivity index (χ2v) is 5.32. The third-order valence-corrected chi connectivity index (χ3v) is 3.44. The maximum absolute atomic E-state index is 11.2. The van der Waals surface area contributed by atoms with E-state index < -0.39 is 5.97 Å². The van der Waals surface area contributed by atoms with Gasteiger partial charge in [-0.2, -0.15) is 5.26 Å². The van der Waals surface area contributed by atoms with Gasteiger partial charge in [0.2, 0.25) is 0 Å². The van der Waals surface area contributed by atoms with Crippen molar-refractivity contribution in [3.05, 3.63) is 52.7 Å². The standard InChI is InChI=1S/C18H19N3O3/c1-12-6-15(7-13(2)18(12)24-11-17(22)23-3)10-21-16-8-14(9-19)4-5-20-16/h4-8H,10-11H2,1-3H3,(H,20,21). The zero-order valence-corrected chi connectivity index (χ0v) is 13.9. The van der Waals surface area contributed by atoms with Crippen molar-refractivity contribution in [1.82, 2.24) is 4.98 Å². The minimum Gasteiger partial charge on any atom is -0.481 e. The first-order valence-electron chi connectivity index (χ1n) is 7.43. The number of pyridine rings is 1. The van der Waals surface area contributed by atoms with E-state index in [1.54, 1.807) is 18.3 Å². The molecule has 0 saturated heterocycles. The van der Waals surface area contributed by atoms with E-state index in [1.807, 2.05) is 26.0 Å². The van der Waals surface area contributed by atoms with Crippen LogP contribution in [0.25, 0.3) is 0 Å². The van der Waals surface area contributed by atoms with Crippen LogP contribution in [0.4, 0.5) is 5.82 Å². The molecular formula is C18H19N3O3. The van der Waals surface area contributed by atoms with Crippen LogP contribution in [0.3, 0.4) is 0 Å². The lowest BCUT2D eigenvalue weighted by Crippen LogP contribution is -2.14. The predicted molar refractivity (Wildman–Crippen MR) is 89.7 cm³/mol. The Labute approximate surface area is 141 Å². The average molecular weight is 325 g/mol. The first kappa shape index (κ1) is 17.3. The van der Waals surface area contributed by atoms with Crippen molar-refractivity contribution in [3.63, 3.8) is 0 Å². The van der Waals surface area contributed by atoms with Crippen LogP contribution in [0, 0.1) is 25.2 Å². The number of nitrogens with one attached hydrogen (secondary N) is 1. The van der Waals surface area contributed by atoms with Crippen LogP contribution in [-0.4, -0.2) is 24.7 Å². The van der Waals surface area contributed by atoms with Gasteiger partial charge in [-0.15, -0.1) is 0 Å². The van der Waals surface area contributed by atoms with Crippen LogP contribution in [0.2, 0.25) is 0 Å². The summed E-state index contributed by atoms with van der Waals surface area (Å²) in [6, 6.07) is 9.42. The summed E-state index contributed by atoms with van der Waals surface area (Å²) in [5, 5.41) is 12.1. The zero-order valence-electron chi connectivity index (χ0n) is 13.9. The van der Waals surface area contributed by atoms with E-state index in [9.17, 15) is 4.79 Å². The summed E-state index contributed by atoms with van der Waals surface area (Å²) in [6.07, 6.45) is 1.60. The fourth-order valence-electron chi connectivity index (χ4n) is 2.35. The van der Waals surface area contributed by atoms with Crippen LogP contribution < -0.4 is 10.1 Å². The number of hydrogen-bond donors (Lipinski definition) is 1. The number of nitriles is 1. The molecule has 0 aliphatic rings. The van der Waals surface area contributed by atoms with Gasteiger partial charge in [-0.25, -0.2) is 9.78 Å². The SMILES string of the molecule is COC(=O)COc1c(C)cc(CNc2cc(C#N)ccn2)cc1C. The molecule has 1 aromatic carbocycles. The van der Waals surface area contributed by atoms with E-state index >= 15 is 0 Å². The van der Waals surface area contributed by atoms with Gasteiger partial charge in [0, 0.05) is 12.7 Å². The lowest BCUT2D eigenvalue weighted by atomic mass is 10.1. The first-order valence-corrected chi connectivity index (χ1v) is 7.43. The summed E-state index contributed by atoms with van der Waals surface area (Å²) in [4.78, 5) is 15.4. The Bertz CT molecular complexity index is 758. The van der Waals surface area contributed by atoms with Crippen LogP contribution >= 0.6 is 0 Å². The van der Waals surface area contributed by atoms with Crippen molar-refractivity contribution in [3.8, 4) is 11.8 Å². The molecule has 1 heterocycles. The Hall–Kier alpha value is -3.07. The molecule has 1 N–H and O–H groups in total. The van der Waals surface area contributed by atoms with Crippen molar-refractivity contribution >= 4 is 11.8 Å². The number of methoxy groups -OCH3 is 1. The molecule has 0 aliphatic carbocycles. The highest BCUT2D eigenvalue weighted by Crippen LogP contribution is 2.25. The molecule has 124 valence electrons. The molecule has 6 heteroatoms. The summed E-state index contributed by atoms with van der Waals surface area (Å²) in [6.45, 7) is 4.32. The molecule has 0 radical (unpaired) electrons. The minimum atomic E-state index is -0.414. The lowest BCUT2D eigenvalue weighted by molar-refractivity contribution is -0.142. The van der Waals surface area contributed by atoms with E-state index in [-0.39, 0.29) is 6.61 Å². The molecule has 0 unspecified atom stereocenters. The number of esters is 1. The van der Waals surface area contributed by atoms with Gasteiger partial charge >= 0.3 is 5.97 Å². The topological polar surface area (TPSA) is 84.2 Å². The van der Waals surface area contributed by atoms with Crippen molar-refractivity contribution in [2.75, 3.05) is 19.0 Å². The third-order valence-electron chi connectivity index (χ3n) is 3.44. The minimum absolute atomic E-state index is 0.110. The van der Waals surface area contributed by atoms with Gasteiger partial charge in [0.25, 0.3) is 0 Å². The Morgan fingerprint density at radius 3 is 2.62 bits per heavy atom. The van der Waals surface area contributed by atoms with Crippen molar-refractivity contribution < 1.29 is 14.3 Å². The maximum Gasteiger partial charge on any atom is 0.343 e. The summed E-state index contributed by atoms with van der Waals surface area (Å²) >= 11 is 0. The lowest BCUT2D eigenvalue weighted by Gasteiger charge is -2.14. The van der Waals surface area contributed by atoms with E-state index in [0.717, 1.165) is 16.7 Å². The number of anilines is 1. The summed E-state index contributed by atoms with van der Waals surface area (Å²) in [7, 11) is 1.33. The van der Waals surface area contributed by atoms with Crippen molar-refractivity contribution in [2.45, 2.75) is 20.4 Å². The largest absolute Gasteiger partial charge is 0.481 e. The van der Waals surface area contributed by atoms with E-state index in [0.29, 0.717) is 23.7 Å². The molecule has 0 spiro atoms. The number of ether oxygens (including phenoxy) is 2. The third kappa shape index (κ3) is 4.46. The fourth-order valence-corrected chi connectivity index (χ4v) is 2.35. The molecule has 0 atom stereocenters. The van der Waals surface area contributed by atoms with Gasteiger partial charge in [0.1, 0.15) is 11.6 Å². The fraction of sp³-hybridized carbons (Fsp3) is 0.278. The van der Waals surface area contributed by atoms with Crippen LogP contribution in [0.5, 0.6) is 5.75 Å². The molecule has 24 heavy (non-hydrogen) atoms. The molecule has 0 saturated carbocycles. The van der Waals surface area contributed by atoms with Gasteiger partial charge in [-0.3, -0.25) is 0 Å². The number of aromatic nitrogens is 1. The molecular weight excluding hydrogens is 306 g/mol. The van der Waals surface area contributed by atoms with E-state index in [1.165, 1.54) is 7.11 Å². The predicted octanol–water partition coefficient (Wildman–Crippen LogP) is 2.73. The monoisotopic (exact) mass is 325 g/mol. The van der Waals surface area contributed by atoms with Crippen LogP contribution in [-0.2, 0) is 16.1 Å². The number of aryl methyl sites for hydroxylation is 2. The summed E-state index contributed by atoms with van der Waals surface area (Å²) in [5.74, 6) is 0.923. The first-order chi connectivity index (χ1) is 11.5. The molecule has 0 bridgehead atoms. The quantitative estimate of drug-likeness (QED) is 0.822. The number of carbonyl (C=O) groups excluding carboxylic acids is 1. The molecule has 1 aromatic heterocycles. The molecule has 0 amide bonds. The molecule has 0 aliphatic heterocycles. The smallest absolute Gasteiger partial charge is 0.343 e. The maximum atomic E-state index is 11.2. The highest BCUT2D eigenvalue weighted by Gasteiger charge is 2.09. The number of nitrogens with zero attached hydrogens (tertiary/aromatic N) is 2. The van der Waals surface area contributed by atoms with Gasteiger partial charge in [0.15, 0.2) is 6.61 Å². The number of carbonyl (C=O) groups is 1. The van der Waals surface area contributed by atoms with Gasteiger partial charge in [0.05, 0.1) is 18.7 Å². The molecule has 2 rings (SSSR count).